The van der Waals surface area contributed by atoms with E-state index in [0.29, 0.717) is 11.5 Å². The number of hydrogen-bond donors (Lipinski definition) is 1. The molecule has 1 heterocycles. The average molecular weight is 269 g/mol. The summed E-state index contributed by atoms with van der Waals surface area (Å²) in [6, 6.07) is 0.564. The Morgan fingerprint density at radius 1 is 1.33 bits per heavy atom. The first-order valence-corrected chi connectivity index (χ1v) is 7.75. The fourth-order valence-electron chi connectivity index (χ4n) is 3.17. The predicted octanol–water partition coefficient (Wildman–Crippen LogP) is 3.99. The zero-order chi connectivity index (χ0) is 13.6. The lowest BCUT2D eigenvalue weighted by Crippen LogP contribution is -2.23. The Balaban J connectivity index is 0.000000771. The molecule has 0 aliphatic heterocycles. The highest BCUT2D eigenvalue weighted by Crippen LogP contribution is 2.38. The monoisotopic (exact) mass is 269 g/mol. The van der Waals surface area contributed by atoms with E-state index in [2.05, 4.69) is 48.2 Å². The van der Waals surface area contributed by atoms with Gasteiger partial charge in [-0.3, -0.25) is 0 Å². The van der Waals surface area contributed by atoms with Crippen molar-refractivity contribution in [3.05, 3.63) is 12.7 Å². The molecule has 0 N–H and O–H groups in total. The minimum atomic E-state index is 0.521. The highest BCUT2D eigenvalue weighted by atomic mass is 32.1. The van der Waals surface area contributed by atoms with Gasteiger partial charge in [0.1, 0.15) is 12.7 Å². The van der Waals surface area contributed by atoms with E-state index < -0.39 is 0 Å². The second-order valence-electron chi connectivity index (χ2n) is 6.13. The number of hydrogen-bond acceptors (Lipinski definition) is 3. The summed E-state index contributed by atoms with van der Waals surface area (Å²) in [7, 11) is 0. The molecule has 2 rings (SSSR count). The smallest absolute Gasteiger partial charge is 0.137 e. The lowest BCUT2D eigenvalue weighted by atomic mass is 9.75. The van der Waals surface area contributed by atoms with Gasteiger partial charge in [-0.15, -0.1) is 0 Å². The van der Waals surface area contributed by atoms with Gasteiger partial charge in [-0.05, 0) is 43.3 Å². The van der Waals surface area contributed by atoms with Gasteiger partial charge >= 0.3 is 0 Å². The van der Waals surface area contributed by atoms with Crippen LogP contribution in [0.1, 0.15) is 58.9 Å². The summed E-state index contributed by atoms with van der Waals surface area (Å²) in [5.41, 5.74) is 0.521. The van der Waals surface area contributed by atoms with Crippen molar-refractivity contribution < 1.29 is 0 Å². The fourth-order valence-corrected chi connectivity index (χ4v) is 3.17. The van der Waals surface area contributed by atoms with Gasteiger partial charge < -0.3 is 0 Å². The minimum Gasteiger partial charge on any atom is -0.250 e. The van der Waals surface area contributed by atoms with Crippen LogP contribution in [0.15, 0.2) is 12.7 Å². The summed E-state index contributed by atoms with van der Waals surface area (Å²) >= 11 is 3.53. The molecule has 1 fully saturated rings. The van der Waals surface area contributed by atoms with Crippen LogP contribution in [-0.4, -0.2) is 21.0 Å². The Labute approximate surface area is 117 Å². The van der Waals surface area contributed by atoms with Crippen molar-refractivity contribution in [2.75, 3.05) is 6.26 Å². The highest BCUT2D eigenvalue weighted by molar-refractivity contribution is 7.79. The van der Waals surface area contributed by atoms with E-state index >= 15 is 0 Å². The third-order valence-corrected chi connectivity index (χ3v) is 3.78. The third-order valence-electron chi connectivity index (χ3n) is 3.78. The lowest BCUT2D eigenvalue weighted by Gasteiger charge is -2.33. The van der Waals surface area contributed by atoms with E-state index in [4.69, 9.17) is 0 Å². The molecule has 0 bridgehead atoms. The first kappa shape index (κ1) is 15.5. The summed E-state index contributed by atoms with van der Waals surface area (Å²) in [6.45, 7) is 7.18. The third kappa shape index (κ3) is 4.63. The maximum absolute atomic E-state index is 4.29. The van der Waals surface area contributed by atoms with Gasteiger partial charge in [0, 0.05) is 0 Å². The van der Waals surface area contributed by atoms with Gasteiger partial charge in [-0.25, -0.2) is 9.67 Å². The molecule has 0 radical (unpaired) electrons. The van der Waals surface area contributed by atoms with E-state index in [1.165, 1.54) is 32.1 Å². The first-order chi connectivity index (χ1) is 8.57. The molecule has 1 aromatic rings. The van der Waals surface area contributed by atoms with Crippen LogP contribution >= 0.6 is 12.6 Å². The summed E-state index contributed by atoms with van der Waals surface area (Å²) < 4.78 is 2.05. The zero-order valence-electron chi connectivity index (χ0n) is 12.1. The van der Waals surface area contributed by atoms with Gasteiger partial charge in [0.25, 0.3) is 0 Å². The normalized spacial score (nSPS) is 27.6. The zero-order valence-corrected chi connectivity index (χ0v) is 13.0. The number of aromatic nitrogens is 3. The van der Waals surface area contributed by atoms with Crippen molar-refractivity contribution in [2.24, 2.45) is 11.3 Å². The largest absolute Gasteiger partial charge is 0.250 e. The maximum atomic E-state index is 4.29. The van der Waals surface area contributed by atoms with Crippen molar-refractivity contribution in [3.8, 4) is 0 Å². The molecule has 0 saturated heterocycles. The molecule has 0 spiro atoms. The van der Waals surface area contributed by atoms with E-state index in [1.54, 1.807) is 12.6 Å². The minimum absolute atomic E-state index is 0.521. The molecule has 1 aliphatic carbocycles. The van der Waals surface area contributed by atoms with Crippen LogP contribution in [0, 0.1) is 11.3 Å². The van der Waals surface area contributed by atoms with Crippen LogP contribution in [0.3, 0.4) is 0 Å². The number of rotatable bonds is 1. The summed E-state index contributed by atoms with van der Waals surface area (Å²) in [6.07, 6.45) is 11.7. The summed E-state index contributed by atoms with van der Waals surface area (Å²) in [5.74, 6) is 0.782. The summed E-state index contributed by atoms with van der Waals surface area (Å²) in [5, 5.41) is 4.29. The molecular formula is C14H27N3S. The Bertz CT molecular complexity index is 322. The number of thiol groups is 1. The lowest BCUT2D eigenvalue weighted by molar-refractivity contribution is 0.185. The molecule has 2 atom stereocenters. The van der Waals surface area contributed by atoms with Crippen LogP contribution in [0.5, 0.6) is 0 Å². The number of nitrogens with zero attached hydrogens (tertiary/aromatic N) is 3. The molecule has 0 aromatic carbocycles. The van der Waals surface area contributed by atoms with E-state index in [0.717, 1.165) is 5.92 Å². The molecule has 3 nitrogen and oxygen atoms in total. The van der Waals surface area contributed by atoms with Crippen molar-refractivity contribution in [1.29, 1.82) is 0 Å². The standard InChI is InChI=1S/C13H23N3.CH4S/c1-11-7-12(16-10-14-9-15-16)5-4-6-13(2,3)8-11;1-2/h9-12H,4-8H2,1-3H3;2H,1H3. The Morgan fingerprint density at radius 2 is 2.06 bits per heavy atom. The van der Waals surface area contributed by atoms with Crippen LogP contribution in [0.25, 0.3) is 0 Å². The molecule has 104 valence electrons. The fraction of sp³-hybridized carbons (Fsp3) is 0.857. The van der Waals surface area contributed by atoms with Crippen LogP contribution < -0.4 is 0 Å². The van der Waals surface area contributed by atoms with Crippen molar-refractivity contribution in [3.63, 3.8) is 0 Å². The molecule has 2 unspecified atom stereocenters. The molecule has 1 aromatic heterocycles. The van der Waals surface area contributed by atoms with E-state index in [9.17, 15) is 0 Å². The average Bonchev–Trinajstić information content (AvgIpc) is 2.81. The van der Waals surface area contributed by atoms with Crippen LogP contribution in [0.2, 0.25) is 0 Å². The summed E-state index contributed by atoms with van der Waals surface area (Å²) in [4.78, 5) is 4.06. The van der Waals surface area contributed by atoms with Crippen molar-refractivity contribution in [2.45, 2.75) is 58.9 Å². The molecule has 18 heavy (non-hydrogen) atoms. The second kappa shape index (κ2) is 7.17. The Morgan fingerprint density at radius 3 is 2.67 bits per heavy atom. The van der Waals surface area contributed by atoms with Gasteiger partial charge in [-0.2, -0.15) is 17.7 Å². The van der Waals surface area contributed by atoms with Crippen molar-refractivity contribution >= 4 is 12.6 Å². The first-order valence-electron chi connectivity index (χ1n) is 6.86. The quantitative estimate of drug-likeness (QED) is 0.781. The van der Waals surface area contributed by atoms with Crippen LogP contribution in [-0.2, 0) is 0 Å². The SMILES string of the molecule is CC1CC(n2cncn2)CCCC(C)(C)C1.CS. The molecular weight excluding hydrogens is 242 g/mol. The maximum Gasteiger partial charge on any atom is 0.137 e. The topological polar surface area (TPSA) is 30.7 Å². The molecule has 0 amide bonds. The highest BCUT2D eigenvalue weighted by Gasteiger charge is 2.27. The Hall–Kier alpha value is -0.510. The van der Waals surface area contributed by atoms with Crippen LogP contribution in [0.4, 0.5) is 0 Å². The van der Waals surface area contributed by atoms with Gasteiger partial charge in [-0.1, -0.05) is 27.2 Å². The van der Waals surface area contributed by atoms with Gasteiger partial charge in [0.15, 0.2) is 0 Å². The Kier molecular flexibility index (Phi) is 6.19. The molecule has 1 aliphatic rings. The van der Waals surface area contributed by atoms with E-state index in [-0.39, 0.29) is 0 Å². The molecule has 4 heteroatoms. The van der Waals surface area contributed by atoms with Gasteiger partial charge in [0.05, 0.1) is 6.04 Å². The van der Waals surface area contributed by atoms with Crippen molar-refractivity contribution in [1.82, 2.24) is 14.8 Å². The molecule has 1 saturated carbocycles. The van der Waals surface area contributed by atoms with Gasteiger partial charge in [0.2, 0.25) is 0 Å². The predicted molar refractivity (Wildman–Crippen MR) is 80.0 cm³/mol. The van der Waals surface area contributed by atoms with E-state index in [1.807, 2.05) is 6.33 Å². The second-order valence-corrected chi connectivity index (χ2v) is 6.13.